The molecule has 2 N–H and O–H groups in total. The van der Waals surface area contributed by atoms with E-state index in [1.54, 1.807) is 7.11 Å². The fourth-order valence-corrected chi connectivity index (χ4v) is 2.84. The minimum absolute atomic E-state index is 0.180. The molecule has 1 aliphatic heterocycles. The largest absolute Gasteiger partial charge is 0.490 e. The Hall–Kier alpha value is -1.46. The van der Waals surface area contributed by atoms with Gasteiger partial charge in [0.1, 0.15) is 11.9 Å². The fraction of sp³-hybridized carbons (Fsp3) is 0.600. The molecule has 0 saturated heterocycles. The Labute approximate surface area is 118 Å². The summed E-state index contributed by atoms with van der Waals surface area (Å²) < 4.78 is 22.3. The Morgan fingerprint density at radius 3 is 2.70 bits per heavy atom. The van der Waals surface area contributed by atoms with Crippen molar-refractivity contribution in [3.63, 3.8) is 0 Å². The molecule has 20 heavy (non-hydrogen) atoms. The van der Waals surface area contributed by atoms with Gasteiger partial charge in [-0.3, -0.25) is 0 Å². The van der Waals surface area contributed by atoms with Crippen LogP contribution in [0.2, 0.25) is 0 Å². The van der Waals surface area contributed by atoms with E-state index in [9.17, 15) is 0 Å². The van der Waals surface area contributed by atoms with Gasteiger partial charge in [0.25, 0.3) is 0 Å². The van der Waals surface area contributed by atoms with Gasteiger partial charge in [0.05, 0.1) is 6.10 Å². The zero-order valence-corrected chi connectivity index (χ0v) is 11.8. The summed E-state index contributed by atoms with van der Waals surface area (Å²) in [7, 11) is 1.76. The zero-order valence-electron chi connectivity index (χ0n) is 11.8. The Bertz CT molecular complexity index is 477. The van der Waals surface area contributed by atoms with Gasteiger partial charge in [-0.15, -0.1) is 0 Å². The first-order chi connectivity index (χ1) is 9.80. The molecule has 1 fully saturated rings. The lowest BCUT2D eigenvalue weighted by Crippen LogP contribution is -2.29. The Morgan fingerprint density at radius 1 is 1.20 bits per heavy atom. The van der Waals surface area contributed by atoms with Crippen LogP contribution >= 0.6 is 0 Å². The molecule has 0 bridgehead atoms. The molecule has 0 amide bonds. The van der Waals surface area contributed by atoms with E-state index in [-0.39, 0.29) is 12.9 Å². The molecule has 1 heterocycles. The van der Waals surface area contributed by atoms with E-state index < -0.39 is 0 Å². The van der Waals surface area contributed by atoms with Crippen LogP contribution in [0.25, 0.3) is 0 Å². The van der Waals surface area contributed by atoms with E-state index in [2.05, 4.69) is 0 Å². The highest BCUT2D eigenvalue weighted by Gasteiger charge is 2.25. The maximum absolute atomic E-state index is 6.14. The summed E-state index contributed by atoms with van der Waals surface area (Å²) in [5, 5.41) is 0. The molecule has 1 aromatic carbocycles. The van der Waals surface area contributed by atoms with E-state index in [4.69, 9.17) is 24.7 Å². The maximum Gasteiger partial charge on any atom is 0.231 e. The van der Waals surface area contributed by atoms with Crippen molar-refractivity contribution in [1.82, 2.24) is 0 Å². The smallest absolute Gasteiger partial charge is 0.231 e. The minimum atomic E-state index is 0.180. The van der Waals surface area contributed by atoms with Crippen LogP contribution in [0.4, 0.5) is 0 Å². The third kappa shape index (κ3) is 2.69. The van der Waals surface area contributed by atoms with E-state index in [0.717, 1.165) is 48.5 Å². The summed E-state index contributed by atoms with van der Waals surface area (Å²) in [5.74, 6) is 2.28. The lowest BCUT2D eigenvalue weighted by molar-refractivity contribution is 0.0206. The normalized spacial score (nSPS) is 24.7. The predicted molar refractivity (Wildman–Crippen MR) is 74.1 cm³/mol. The van der Waals surface area contributed by atoms with E-state index in [1.165, 1.54) is 0 Å². The standard InChI is InChI=1S/C15H21NO4/c1-17-11-3-2-4-12(6-11)20-13-7-15-14(18-9-19-15)5-10(13)8-16/h5,7,11-12H,2-4,6,8-9,16H2,1H3. The molecule has 2 aliphatic rings. The molecule has 110 valence electrons. The number of benzene rings is 1. The van der Waals surface area contributed by atoms with E-state index in [0.29, 0.717) is 12.6 Å². The summed E-state index contributed by atoms with van der Waals surface area (Å²) >= 11 is 0. The van der Waals surface area contributed by atoms with Gasteiger partial charge in [0.2, 0.25) is 6.79 Å². The highest BCUT2D eigenvalue weighted by atomic mass is 16.7. The molecule has 5 nitrogen and oxygen atoms in total. The van der Waals surface area contributed by atoms with Gasteiger partial charge < -0.3 is 24.7 Å². The quantitative estimate of drug-likeness (QED) is 0.915. The van der Waals surface area contributed by atoms with E-state index in [1.807, 2.05) is 12.1 Å². The number of hydrogen-bond donors (Lipinski definition) is 1. The number of rotatable bonds is 4. The lowest BCUT2D eigenvalue weighted by Gasteiger charge is -2.29. The topological polar surface area (TPSA) is 62.9 Å². The second-order valence-electron chi connectivity index (χ2n) is 5.28. The number of methoxy groups -OCH3 is 1. The van der Waals surface area contributed by atoms with Crippen LogP contribution in [-0.4, -0.2) is 26.1 Å². The van der Waals surface area contributed by atoms with Crippen molar-refractivity contribution in [2.45, 2.75) is 44.4 Å². The monoisotopic (exact) mass is 279 g/mol. The van der Waals surface area contributed by atoms with Gasteiger partial charge in [-0.1, -0.05) is 0 Å². The van der Waals surface area contributed by atoms with Crippen LogP contribution in [-0.2, 0) is 11.3 Å². The first-order valence-corrected chi connectivity index (χ1v) is 7.12. The van der Waals surface area contributed by atoms with Crippen molar-refractivity contribution in [2.24, 2.45) is 5.73 Å². The summed E-state index contributed by atoms with van der Waals surface area (Å²) in [6.45, 7) is 0.685. The van der Waals surface area contributed by atoms with Gasteiger partial charge in [-0.2, -0.15) is 0 Å². The SMILES string of the molecule is COC1CCCC(Oc2cc3c(cc2CN)OCO3)C1. The molecule has 0 spiro atoms. The molecule has 5 heteroatoms. The van der Waals surface area contributed by atoms with Gasteiger partial charge in [0.15, 0.2) is 11.5 Å². The summed E-state index contributed by atoms with van der Waals surface area (Å²) in [5.41, 5.74) is 6.75. The van der Waals surface area contributed by atoms with Gasteiger partial charge >= 0.3 is 0 Å². The van der Waals surface area contributed by atoms with Crippen molar-refractivity contribution in [1.29, 1.82) is 0 Å². The van der Waals surface area contributed by atoms with Crippen molar-refractivity contribution in [3.8, 4) is 17.2 Å². The summed E-state index contributed by atoms with van der Waals surface area (Å²) in [4.78, 5) is 0. The molecule has 0 aromatic heterocycles. The van der Waals surface area contributed by atoms with Gasteiger partial charge in [-0.05, 0) is 25.3 Å². The van der Waals surface area contributed by atoms with Crippen molar-refractivity contribution in [3.05, 3.63) is 17.7 Å². The van der Waals surface area contributed by atoms with Gasteiger partial charge in [0, 0.05) is 31.7 Å². The average molecular weight is 279 g/mol. The number of nitrogens with two attached hydrogens (primary N) is 1. The molecule has 2 unspecified atom stereocenters. The lowest BCUT2D eigenvalue weighted by atomic mass is 9.95. The summed E-state index contributed by atoms with van der Waals surface area (Å²) in [6, 6.07) is 3.80. The molecule has 1 aliphatic carbocycles. The molecular formula is C15H21NO4. The third-order valence-corrected chi connectivity index (χ3v) is 3.98. The Morgan fingerprint density at radius 2 is 1.95 bits per heavy atom. The molecule has 1 aromatic rings. The first-order valence-electron chi connectivity index (χ1n) is 7.12. The molecule has 3 rings (SSSR count). The molecule has 0 radical (unpaired) electrons. The second-order valence-corrected chi connectivity index (χ2v) is 5.28. The number of hydrogen-bond acceptors (Lipinski definition) is 5. The van der Waals surface area contributed by atoms with Gasteiger partial charge in [-0.25, -0.2) is 0 Å². The predicted octanol–water partition coefficient (Wildman–Crippen LogP) is 2.21. The van der Waals surface area contributed by atoms with Crippen molar-refractivity contribution >= 4 is 0 Å². The van der Waals surface area contributed by atoms with Crippen LogP contribution in [0.15, 0.2) is 12.1 Å². The van der Waals surface area contributed by atoms with Crippen LogP contribution in [0.1, 0.15) is 31.2 Å². The zero-order chi connectivity index (χ0) is 13.9. The Kier molecular flexibility index (Phi) is 3.98. The highest BCUT2D eigenvalue weighted by molar-refractivity contribution is 5.51. The number of fused-ring (bicyclic) bond motifs is 1. The van der Waals surface area contributed by atoms with Crippen LogP contribution in [0.3, 0.4) is 0 Å². The molecule has 1 saturated carbocycles. The van der Waals surface area contributed by atoms with Crippen molar-refractivity contribution < 1.29 is 18.9 Å². The maximum atomic E-state index is 6.14. The molecular weight excluding hydrogens is 258 g/mol. The average Bonchev–Trinajstić information content (AvgIpc) is 2.93. The first kappa shape index (κ1) is 13.5. The highest BCUT2D eigenvalue weighted by Crippen LogP contribution is 2.39. The molecule has 2 atom stereocenters. The number of ether oxygens (including phenoxy) is 4. The van der Waals surface area contributed by atoms with Crippen LogP contribution in [0.5, 0.6) is 17.2 Å². The van der Waals surface area contributed by atoms with Crippen LogP contribution in [0, 0.1) is 0 Å². The fourth-order valence-electron chi connectivity index (χ4n) is 2.84. The minimum Gasteiger partial charge on any atom is -0.490 e. The van der Waals surface area contributed by atoms with Crippen molar-refractivity contribution in [2.75, 3.05) is 13.9 Å². The second kappa shape index (κ2) is 5.89. The Balaban J connectivity index is 1.76. The van der Waals surface area contributed by atoms with Crippen LogP contribution < -0.4 is 19.9 Å². The summed E-state index contributed by atoms with van der Waals surface area (Å²) in [6.07, 6.45) is 4.70. The van der Waals surface area contributed by atoms with E-state index >= 15 is 0 Å². The third-order valence-electron chi connectivity index (χ3n) is 3.98.